The molecule has 1 aromatic rings. The minimum Gasteiger partial charge on any atom is -0.455 e. The zero-order valence-corrected chi connectivity index (χ0v) is 30.8. The highest BCUT2D eigenvalue weighted by atomic mass is 16.6. The molecule has 1 unspecified atom stereocenters. The fourth-order valence-corrected chi connectivity index (χ4v) is 10.4. The molecule has 5 aliphatic rings. The molecule has 6 rings (SSSR count). The standard InChI is InChI=1S/C39H56N2O9/c1-22(25-12-10-9-11-13-25)32(50-29(43)20-41-16-14-40(8)15-17-41)35(46)49-26-19-39(47)24(3)33-37(6)21-48-28(37)18-27(42)38(33,7)34(45)31(44)30(23(26)2)36(39,4)5/h9-13,22,24,26-28,31-33,42,44,47H,14-21H2,1-8H3/t22-,24-,26-,27-,28+,31+,32+,33?,37+,38+,39+/m0/s1. The SMILES string of the molecule is CC1=C2[C@@H](O)C(=O)[C@@]3(C)C([C@H](C)[C@](O)(C[C@@H]1OC(=O)[C@H](OC(=O)CN1CCN(C)CC1)[C@@H](C)c1ccccc1)C2(C)C)[C@]1(C)CO[C@@H]1C[C@@H]3O. The molecule has 3 N–H and O–H groups in total. The van der Waals surface area contributed by atoms with E-state index >= 15 is 0 Å². The van der Waals surface area contributed by atoms with Gasteiger partial charge in [0.2, 0.25) is 6.10 Å². The number of esters is 2. The number of benzene rings is 1. The first-order chi connectivity index (χ1) is 23.4. The summed E-state index contributed by atoms with van der Waals surface area (Å²) in [4.78, 5) is 46.3. The molecule has 2 aliphatic heterocycles. The molecule has 0 radical (unpaired) electrons. The molecule has 0 spiro atoms. The van der Waals surface area contributed by atoms with Crippen molar-refractivity contribution < 1.29 is 43.9 Å². The zero-order chi connectivity index (χ0) is 36.6. The van der Waals surface area contributed by atoms with E-state index in [4.69, 9.17) is 14.2 Å². The summed E-state index contributed by atoms with van der Waals surface area (Å²) >= 11 is 0. The number of hydrogen-bond donors (Lipinski definition) is 3. The molecule has 0 aromatic heterocycles. The first-order valence-electron chi connectivity index (χ1n) is 18.2. The van der Waals surface area contributed by atoms with Gasteiger partial charge in [0.25, 0.3) is 0 Å². The van der Waals surface area contributed by atoms with Crippen LogP contribution < -0.4 is 0 Å². The molecular weight excluding hydrogens is 640 g/mol. The number of carbonyl (C=O) groups is 3. The van der Waals surface area contributed by atoms with Gasteiger partial charge in [-0.05, 0) is 49.4 Å². The number of nitrogens with zero attached hydrogens (tertiary/aromatic N) is 2. The lowest BCUT2D eigenvalue weighted by Gasteiger charge is -2.68. The molecule has 2 saturated carbocycles. The van der Waals surface area contributed by atoms with Crippen molar-refractivity contribution >= 4 is 17.7 Å². The second-order valence-corrected chi connectivity index (χ2v) is 16.8. The Morgan fingerprint density at radius 3 is 2.30 bits per heavy atom. The van der Waals surface area contributed by atoms with Gasteiger partial charge in [-0.25, -0.2) is 4.79 Å². The normalized spacial score (nSPS) is 39.9. The Bertz CT molecular complexity index is 1520. The molecule has 2 bridgehead atoms. The fraction of sp³-hybridized carbons (Fsp3) is 0.718. The molecule has 11 nitrogen and oxygen atoms in total. The van der Waals surface area contributed by atoms with E-state index in [0.29, 0.717) is 30.8 Å². The van der Waals surface area contributed by atoms with Gasteiger partial charge in [0.05, 0.1) is 36.4 Å². The molecule has 2 saturated heterocycles. The smallest absolute Gasteiger partial charge is 0.348 e. The van der Waals surface area contributed by atoms with Crippen molar-refractivity contribution in [3.05, 3.63) is 47.0 Å². The number of ketones is 1. The van der Waals surface area contributed by atoms with E-state index in [1.165, 1.54) is 0 Å². The van der Waals surface area contributed by atoms with Gasteiger partial charge in [-0.3, -0.25) is 14.5 Å². The topological polar surface area (TPSA) is 146 Å². The molecule has 276 valence electrons. The summed E-state index contributed by atoms with van der Waals surface area (Å²) < 4.78 is 18.1. The van der Waals surface area contributed by atoms with Crippen molar-refractivity contribution in [3.63, 3.8) is 0 Å². The molecule has 11 heteroatoms. The van der Waals surface area contributed by atoms with Crippen molar-refractivity contribution in [2.75, 3.05) is 46.4 Å². The number of rotatable bonds is 7. The van der Waals surface area contributed by atoms with Crippen LogP contribution in [-0.2, 0) is 28.6 Å². The van der Waals surface area contributed by atoms with Gasteiger partial charge in [-0.2, -0.15) is 0 Å². The second kappa shape index (κ2) is 13.1. The largest absolute Gasteiger partial charge is 0.455 e. The molecule has 4 fully saturated rings. The monoisotopic (exact) mass is 696 g/mol. The molecule has 50 heavy (non-hydrogen) atoms. The first kappa shape index (κ1) is 37.1. The fourth-order valence-electron chi connectivity index (χ4n) is 10.4. The maximum absolute atomic E-state index is 14.5. The van der Waals surface area contributed by atoms with E-state index in [9.17, 15) is 29.7 Å². The Balaban J connectivity index is 1.35. The number of fused-ring (bicyclic) bond motifs is 5. The number of ether oxygens (including phenoxy) is 3. The second-order valence-electron chi connectivity index (χ2n) is 16.8. The van der Waals surface area contributed by atoms with Gasteiger partial charge >= 0.3 is 11.9 Å². The quantitative estimate of drug-likeness (QED) is 0.286. The Labute approximate surface area is 295 Å². The lowest BCUT2D eigenvalue weighted by Crippen LogP contribution is -2.75. The van der Waals surface area contributed by atoms with Gasteiger partial charge in [0.15, 0.2) is 5.78 Å². The number of piperazine rings is 1. The average Bonchev–Trinajstić information content (AvgIpc) is 3.07. The first-order valence-corrected chi connectivity index (χ1v) is 18.2. The summed E-state index contributed by atoms with van der Waals surface area (Å²) in [5, 5.41) is 36.5. The number of carbonyl (C=O) groups excluding carboxylic acids is 3. The molecule has 1 aromatic carbocycles. The van der Waals surface area contributed by atoms with Crippen LogP contribution in [0.25, 0.3) is 0 Å². The number of likely N-dealkylation sites (N-methyl/N-ethyl adjacent to an activating group) is 1. The summed E-state index contributed by atoms with van der Waals surface area (Å²) in [6.45, 7) is 16.3. The minimum absolute atomic E-state index is 0.00485. The van der Waals surface area contributed by atoms with Gasteiger partial charge < -0.3 is 34.4 Å². The summed E-state index contributed by atoms with van der Waals surface area (Å²) in [6.07, 6.45) is -5.04. The van der Waals surface area contributed by atoms with Crippen LogP contribution >= 0.6 is 0 Å². The number of aliphatic hydroxyl groups is 3. The van der Waals surface area contributed by atoms with Gasteiger partial charge in [-0.1, -0.05) is 65.0 Å². The molecule has 3 aliphatic carbocycles. The maximum atomic E-state index is 14.5. The maximum Gasteiger partial charge on any atom is 0.348 e. The Morgan fingerprint density at radius 2 is 1.70 bits per heavy atom. The number of hydrogen-bond acceptors (Lipinski definition) is 11. The predicted molar refractivity (Wildman–Crippen MR) is 185 cm³/mol. The van der Waals surface area contributed by atoms with Crippen molar-refractivity contribution in [3.8, 4) is 0 Å². The number of Topliss-reactive ketones (excluding diaryl/α,β-unsaturated/α-hetero) is 1. The van der Waals surface area contributed by atoms with Gasteiger partial charge in [0.1, 0.15) is 12.2 Å². The highest BCUT2D eigenvalue weighted by Crippen LogP contribution is 2.66. The highest BCUT2D eigenvalue weighted by Gasteiger charge is 2.73. The summed E-state index contributed by atoms with van der Waals surface area (Å²) in [5.74, 6) is -3.46. The number of aliphatic hydroxyl groups excluding tert-OH is 2. The van der Waals surface area contributed by atoms with E-state index in [1.54, 1.807) is 13.8 Å². The van der Waals surface area contributed by atoms with Crippen molar-refractivity contribution in [2.24, 2.45) is 28.1 Å². The van der Waals surface area contributed by atoms with Crippen molar-refractivity contribution in [1.29, 1.82) is 0 Å². The van der Waals surface area contributed by atoms with Crippen LogP contribution in [0.3, 0.4) is 0 Å². The lowest BCUT2D eigenvalue weighted by atomic mass is 9.40. The van der Waals surface area contributed by atoms with E-state index in [1.807, 2.05) is 76.9 Å². The molecule has 2 heterocycles. The average molecular weight is 697 g/mol. The third-order valence-corrected chi connectivity index (χ3v) is 13.8. The third kappa shape index (κ3) is 5.67. The van der Waals surface area contributed by atoms with E-state index in [0.717, 1.165) is 18.7 Å². The van der Waals surface area contributed by atoms with Crippen LogP contribution in [0.1, 0.15) is 72.8 Å². The Kier molecular flexibility index (Phi) is 9.70. The van der Waals surface area contributed by atoms with Gasteiger partial charge in [0, 0.05) is 55.8 Å². The van der Waals surface area contributed by atoms with E-state index in [-0.39, 0.29) is 25.5 Å². The highest BCUT2D eigenvalue weighted by molar-refractivity contribution is 5.93. The Morgan fingerprint density at radius 1 is 1.06 bits per heavy atom. The van der Waals surface area contributed by atoms with Gasteiger partial charge in [-0.15, -0.1) is 0 Å². The van der Waals surface area contributed by atoms with Crippen LogP contribution in [0, 0.1) is 28.1 Å². The summed E-state index contributed by atoms with van der Waals surface area (Å²) in [7, 11) is 2.03. The van der Waals surface area contributed by atoms with Crippen LogP contribution in [0.5, 0.6) is 0 Å². The van der Waals surface area contributed by atoms with Crippen molar-refractivity contribution in [2.45, 2.75) is 103 Å². The third-order valence-electron chi connectivity index (χ3n) is 13.8. The van der Waals surface area contributed by atoms with Crippen LogP contribution in [0.15, 0.2) is 41.5 Å². The summed E-state index contributed by atoms with van der Waals surface area (Å²) in [6, 6.07) is 9.32. The van der Waals surface area contributed by atoms with Crippen LogP contribution in [0.2, 0.25) is 0 Å². The predicted octanol–water partition coefficient (Wildman–Crippen LogP) is 2.71. The zero-order valence-electron chi connectivity index (χ0n) is 30.8. The van der Waals surface area contributed by atoms with Crippen molar-refractivity contribution in [1.82, 2.24) is 9.80 Å². The lowest BCUT2D eigenvalue weighted by molar-refractivity contribution is -0.302. The van der Waals surface area contributed by atoms with E-state index in [2.05, 4.69) is 4.90 Å². The van der Waals surface area contributed by atoms with Crippen LogP contribution in [-0.4, -0.2) is 125 Å². The van der Waals surface area contributed by atoms with Crippen LogP contribution in [0.4, 0.5) is 0 Å². The molecule has 0 amide bonds. The molecule has 11 atom stereocenters. The molecular formula is C39H56N2O9. The summed E-state index contributed by atoms with van der Waals surface area (Å²) in [5.41, 5.74) is -2.98. The Hall–Kier alpha value is -2.67. The minimum atomic E-state index is -1.64. The van der Waals surface area contributed by atoms with E-state index < -0.39 is 81.7 Å².